The molecule has 0 atom stereocenters. The van der Waals surface area contributed by atoms with Gasteiger partial charge in [0, 0.05) is 12.2 Å². The summed E-state index contributed by atoms with van der Waals surface area (Å²) < 4.78 is 1.87. The Morgan fingerprint density at radius 2 is 2.12 bits per heavy atom. The first kappa shape index (κ1) is 12.3. The highest BCUT2D eigenvalue weighted by atomic mass is 79.9. The molecule has 3 rings (SSSR count). The molecule has 1 saturated heterocycles. The van der Waals surface area contributed by atoms with Crippen molar-refractivity contribution in [1.29, 1.82) is 0 Å². The number of fused-ring (bicyclic) bond motifs is 1. The molecule has 3 heterocycles. The number of pyridine rings is 1. The van der Waals surface area contributed by atoms with Crippen molar-refractivity contribution >= 4 is 28.0 Å². The molecule has 2 N–H and O–H groups in total. The van der Waals surface area contributed by atoms with Crippen LogP contribution in [0.1, 0.15) is 18.9 Å². The number of nitrogens with one attached hydrogen (secondary N) is 2. The Kier molecular flexibility index (Phi) is 3.63. The molecular formula is C11H15BrN4O. The SMILES string of the molecule is Br.O=c1[nH]c2cnccc2n1C1CCNCC1. The molecule has 1 aliphatic heterocycles. The molecule has 92 valence electrons. The summed E-state index contributed by atoms with van der Waals surface area (Å²) in [6.45, 7) is 1.96. The molecule has 0 amide bonds. The van der Waals surface area contributed by atoms with Gasteiger partial charge in [-0.1, -0.05) is 0 Å². The molecule has 5 nitrogen and oxygen atoms in total. The number of nitrogens with zero attached hydrogens (tertiary/aromatic N) is 2. The van der Waals surface area contributed by atoms with Crippen molar-refractivity contribution < 1.29 is 0 Å². The summed E-state index contributed by atoms with van der Waals surface area (Å²) in [5.74, 6) is 0. The Morgan fingerprint density at radius 1 is 1.35 bits per heavy atom. The predicted octanol–water partition coefficient (Wildman–Crippen LogP) is 1.23. The zero-order chi connectivity index (χ0) is 11.0. The third-order valence-corrected chi connectivity index (χ3v) is 3.19. The maximum absolute atomic E-state index is 11.9. The molecule has 1 fully saturated rings. The summed E-state index contributed by atoms with van der Waals surface area (Å²) in [4.78, 5) is 18.8. The maximum Gasteiger partial charge on any atom is 0.326 e. The summed E-state index contributed by atoms with van der Waals surface area (Å²) in [5.41, 5.74) is 1.77. The lowest BCUT2D eigenvalue weighted by Crippen LogP contribution is -2.33. The van der Waals surface area contributed by atoms with E-state index in [4.69, 9.17) is 0 Å². The third kappa shape index (κ3) is 2.14. The van der Waals surface area contributed by atoms with Crippen LogP contribution in [0.25, 0.3) is 11.0 Å². The van der Waals surface area contributed by atoms with Crippen molar-refractivity contribution in [3.63, 3.8) is 0 Å². The lowest BCUT2D eigenvalue weighted by molar-refractivity contribution is 0.368. The highest BCUT2D eigenvalue weighted by molar-refractivity contribution is 8.93. The molecule has 0 aromatic carbocycles. The Labute approximate surface area is 109 Å². The van der Waals surface area contributed by atoms with E-state index in [0.717, 1.165) is 37.0 Å². The molecule has 0 unspecified atom stereocenters. The van der Waals surface area contributed by atoms with Crippen LogP contribution < -0.4 is 11.0 Å². The number of aromatic nitrogens is 3. The quantitative estimate of drug-likeness (QED) is 0.832. The second kappa shape index (κ2) is 5.01. The second-order valence-corrected chi connectivity index (χ2v) is 4.17. The zero-order valence-corrected chi connectivity index (χ0v) is 11.1. The van der Waals surface area contributed by atoms with Crippen molar-refractivity contribution in [3.05, 3.63) is 28.9 Å². The molecule has 0 aliphatic carbocycles. The lowest BCUT2D eigenvalue weighted by atomic mass is 10.1. The monoisotopic (exact) mass is 298 g/mol. The minimum Gasteiger partial charge on any atom is -0.317 e. The summed E-state index contributed by atoms with van der Waals surface area (Å²) in [7, 11) is 0. The van der Waals surface area contributed by atoms with Crippen LogP contribution in [0.15, 0.2) is 23.3 Å². The Hall–Kier alpha value is -1.14. The van der Waals surface area contributed by atoms with Gasteiger partial charge >= 0.3 is 5.69 Å². The summed E-state index contributed by atoms with van der Waals surface area (Å²) in [5, 5.41) is 3.31. The minimum absolute atomic E-state index is 0. The Bertz CT molecular complexity index is 556. The smallest absolute Gasteiger partial charge is 0.317 e. The van der Waals surface area contributed by atoms with Crippen LogP contribution in [0.5, 0.6) is 0 Å². The molecule has 2 aromatic heterocycles. The van der Waals surface area contributed by atoms with E-state index >= 15 is 0 Å². The molecule has 0 saturated carbocycles. The number of piperidine rings is 1. The standard InChI is InChI=1S/C11H14N4O.BrH/c16-11-14-9-7-13-6-3-10(9)15(11)8-1-4-12-5-2-8;/h3,6-8,12H,1-2,4-5H2,(H,14,16);1H. The van der Waals surface area contributed by atoms with Gasteiger partial charge in [0.15, 0.2) is 0 Å². The van der Waals surface area contributed by atoms with Crippen LogP contribution in [-0.4, -0.2) is 27.6 Å². The Morgan fingerprint density at radius 3 is 2.88 bits per heavy atom. The highest BCUT2D eigenvalue weighted by Gasteiger charge is 2.19. The fourth-order valence-electron chi connectivity index (χ4n) is 2.41. The first-order chi connectivity index (χ1) is 7.86. The lowest BCUT2D eigenvalue weighted by Gasteiger charge is -2.23. The highest BCUT2D eigenvalue weighted by Crippen LogP contribution is 2.20. The van der Waals surface area contributed by atoms with E-state index in [0.29, 0.717) is 6.04 Å². The van der Waals surface area contributed by atoms with Crippen LogP contribution >= 0.6 is 17.0 Å². The van der Waals surface area contributed by atoms with Crippen molar-refractivity contribution in [3.8, 4) is 0 Å². The van der Waals surface area contributed by atoms with E-state index in [-0.39, 0.29) is 22.7 Å². The van der Waals surface area contributed by atoms with Crippen molar-refractivity contribution in [1.82, 2.24) is 19.9 Å². The van der Waals surface area contributed by atoms with Gasteiger partial charge in [0.1, 0.15) is 0 Å². The summed E-state index contributed by atoms with van der Waals surface area (Å²) in [6.07, 6.45) is 5.45. The molecular weight excluding hydrogens is 284 g/mol. The van der Waals surface area contributed by atoms with Gasteiger partial charge in [-0.3, -0.25) is 9.55 Å². The van der Waals surface area contributed by atoms with E-state index in [2.05, 4.69) is 15.3 Å². The summed E-state index contributed by atoms with van der Waals surface area (Å²) in [6, 6.07) is 2.21. The molecule has 6 heteroatoms. The van der Waals surface area contributed by atoms with Gasteiger partial charge in [-0.25, -0.2) is 4.79 Å². The van der Waals surface area contributed by atoms with Gasteiger partial charge in [-0.2, -0.15) is 0 Å². The number of halogens is 1. The largest absolute Gasteiger partial charge is 0.326 e. The molecule has 17 heavy (non-hydrogen) atoms. The molecule has 0 bridgehead atoms. The fraction of sp³-hybridized carbons (Fsp3) is 0.455. The summed E-state index contributed by atoms with van der Waals surface area (Å²) >= 11 is 0. The number of hydrogen-bond donors (Lipinski definition) is 2. The van der Waals surface area contributed by atoms with E-state index in [1.165, 1.54) is 0 Å². The van der Waals surface area contributed by atoms with Crippen molar-refractivity contribution in [2.24, 2.45) is 0 Å². The van der Waals surface area contributed by atoms with Gasteiger partial charge < -0.3 is 10.3 Å². The van der Waals surface area contributed by atoms with Crippen molar-refractivity contribution in [2.75, 3.05) is 13.1 Å². The third-order valence-electron chi connectivity index (χ3n) is 3.19. The van der Waals surface area contributed by atoms with Gasteiger partial charge in [-0.15, -0.1) is 17.0 Å². The van der Waals surface area contributed by atoms with E-state index in [1.54, 1.807) is 12.4 Å². The van der Waals surface area contributed by atoms with Crippen LogP contribution in [0.3, 0.4) is 0 Å². The molecule has 1 aliphatic rings. The van der Waals surface area contributed by atoms with E-state index < -0.39 is 0 Å². The maximum atomic E-state index is 11.9. The van der Waals surface area contributed by atoms with E-state index in [1.807, 2.05) is 10.6 Å². The van der Waals surface area contributed by atoms with Crippen LogP contribution in [0, 0.1) is 0 Å². The predicted molar refractivity (Wildman–Crippen MR) is 71.8 cm³/mol. The zero-order valence-electron chi connectivity index (χ0n) is 9.35. The number of aromatic amines is 1. The normalized spacial score (nSPS) is 16.9. The van der Waals surface area contributed by atoms with E-state index in [9.17, 15) is 4.79 Å². The van der Waals surface area contributed by atoms with Gasteiger partial charge in [0.25, 0.3) is 0 Å². The van der Waals surface area contributed by atoms with Crippen LogP contribution in [-0.2, 0) is 0 Å². The second-order valence-electron chi connectivity index (χ2n) is 4.17. The average molecular weight is 299 g/mol. The van der Waals surface area contributed by atoms with Gasteiger partial charge in [-0.05, 0) is 32.0 Å². The number of H-pyrrole nitrogens is 1. The first-order valence-corrected chi connectivity index (χ1v) is 5.61. The minimum atomic E-state index is -0.0186. The number of hydrogen-bond acceptors (Lipinski definition) is 3. The van der Waals surface area contributed by atoms with Crippen LogP contribution in [0.4, 0.5) is 0 Å². The Balaban J connectivity index is 0.00000108. The number of imidazole rings is 1. The molecule has 0 spiro atoms. The number of rotatable bonds is 1. The van der Waals surface area contributed by atoms with Crippen molar-refractivity contribution in [2.45, 2.75) is 18.9 Å². The topological polar surface area (TPSA) is 62.7 Å². The van der Waals surface area contributed by atoms with Gasteiger partial charge in [0.2, 0.25) is 0 Å². The average Bonchev–Trinajstić information content (AvgIpc) is 2.66. The fourth-order valence-corrected chi connectivity index (χ4v) is 2.41. The van der Waals surface area contributed by atoms with Gasteiger partial charge in [0.05, 0.1) is 17.2 Å². The molecule has 2 aromatic rings. The first-order valence-electron chi connectivity index (χ1n) is 5.61. The van der Waals surface area contributed by atoms with Crippen LogP contribution in [0.2, 0.25) is 0 Å². The molecule has 0 radical (unpaired) electrons.